The fourth-order valence-electron chi connectivity index (χ4n) is 2.92. The minimum atomic E-state index is 0.364. The van der Waals surface area contributed by atoms with Crippen molar-refractivity contribution in [2.75, 3.05) is 6.61 Å². The van der Waals surface area contributed by atoms with Crippen molar-refractivity contribution in [2.24, 2.45) is 5.92 Å². The molecule has 1 aromatic carbocycles. The second-order valence-electron chi connectivity index (χ2n) is 5.53. The summed E-state index contributed by atoms with van der Waals surface area (Å²) in [5, 5.41) is 14.2. The molecule has 0 spiro atoms. The third kappa shape index (κ3) is 3.16. The number of thiophene rings is 1. The Hall–Kier alpha value is -0.900. The molecule has 1 aliphatic rings. The van der Waals surface area contributed by atoms with Crippen molar-refractivity contribution in [1.82, 2.24) is 5.32 Å². The molecule has 3 heteroatoms. The molecule has 1 aliphatic carbocycles. The van der Waals surface area contributed by atoms with Gasteiger partial charge in [0.1, 0.15) is 0 Å². The highest BCUT2D eigenvalue weighted by atomic mass is 32.1. The number of rotatable bonds is 4. The first-order chi connectivity index (χ1) is 9.35. The normalized spacial score (nSPS) is 23.8. The lowest BCUT2D eigenvalue weighted by Gasteiger charge is -2.27. The van der Waals surface area contributed by atoms with E-state index < -0.39 is 0 Å². The maximum absolute atomic E-state index is 9.15. The summed E-state index contributed by atoms with van der Waals surface area (Å²) in [7, 11) is 0. The van der Waals surface area contributed by atoms with E-state index in [0.29, 0.717) is 18.6 Å². The van der Waals surface area contributed by atoms with Crippen LogP contribution in [0.1, 0.15) is 30.6 Å². The molecule has 3 rings (SSSR count). The summed E-state index contributed by atoms with van der Waals surface area (Å²) in [5.41, 5.74) is 0. The fraction of sp³-hybridized carbons (Fsp3) is 0.500. The molecule has 19 heavy (non-hydrogen) atoms. The molecule has 0 radical (unpaired) electrons. The molecule has 2 N–H and O–H groups in total. The number of benzene rings is 1. The molecule has 0 saturated heterocycles. The second-order valence-corrected chi connectivity index (χ2v) is 6.70. The SMILES string of the molecule is OCC1CCC(NCc2cc3ccccc3s2)CC1. The molecule has 2 nitrogen and oxygen atoms in total. The van der Waals surface area contributed by atoms with Crippen LogP contribution in [0, 0.1) is 5.92 Å². The van der Waals surface area contributed by atoms with E-state index in [2.05, 4.69) is 35.6 Å². The number of fused-ring (bicyclic) bond motifs is 1. The van der Waals surface area contributed by atoms with E-state index in [0.717, 1.165) is 6.54 Å². The van der Waals surface area contributed by atoms with Crippen molar-refractivity contribution in [1.29, 1.82) is 0 Å². The Bertz CT molecular complexity index is 495. The van der Waals surface area contributed by atoms with Gasteiger partial charge in [0.05, 0.1) is 0 Å². The van der Waals surface area contributed by atoms with Gasteiger partial charge in [-0.2, -0.15) is 0 Å². The summed E-state index contributed by atoms with van der Waals surface area (Å²) < 4.78 is 1.38. The highest BCUT2D eigenvalue weighted by Gasteiger charge is 2.20. The van der Waals surface area contributed by atoms with Gasteiger partial charge in [-0.05, 0) is 49.1 Å². The van der Waals surface area contributed by atoms with E-state index in [4.69, 9.17) is 5.11 Å². The highest BCUT2D eigenvalue weighted by Crippen LogP contribution is 2.27. The Labute approximate surface area is 118 Å². The van der Waals surface area contributed by atoms with Crippen molar-refractivity contribution >= 4 is 21.4 Å². The number of aliphatic hydroxyl groups excluding tert-OH is 1. The van der Waals surface area contributed by atoms with E-state index in [-0.39, 0.29) is 0 Å². The molecule has 1 fully saturated rings. The molecular formula is C16H21NOS. The van der Waals surface area contributed by atoms with E-state index in [1.807, 2.05) is 11.3 Å². The Morgan fingerprint density at radius 2 is 1.95 bits per heavy atom. The summed E-state index contributed by atoms with van der Waals surface area (Å²) >= 11 is 1.89. The van der Waals surface area contributed by atoms with E-state index >= 15 is 0 Å². The quantitative estimate of drug-likeness (QED) is 0.894. The van der Waals surface area contributed by atoms with Crippen LogP contribution in [0.25, 0.3) is 10.1 Å². The molecule has 1 heterocycles. The molecule has 2 aromatic rings. The van der Waals surface area contributed by atoms with Gasteiger partial charge in [0, 0.05) is 28.8 Å². The zero-order valence-corrected chi connectivity index (χ0v) is 12.0. The average Bonchev–Trinajstić information content (AvgIpc) is 2.88. The average molecular weight is 275 g/mol. The van der Waals surface area contributed by atoms with E-state index in [9.17, 15) is 0 Å². The number of hydrogen-bond acceptors (Lipinski definition) is 3. The van der Waals surface area contributed by atoms with Crippen molar-refractivity contribution in [2.45, 2.75) is 38.3 Å². The smallest absolute Gasteiger partial charge is 0.0459 e. The largest absolute Gasteiger partial charge is 0.396 e. The maximum Gasteiger partial charge on any atom is 0.0459 e. The minimum absolute atomic E-state index is 0.364. The third-order valence-corrected chi connectivity index (χ3v) is 5.26. The molecular weight excluding hydrogens is 254 g/mol. The maximum atomic E-state index is 9.15. The summed E-state index contributed by atoms with van der Waals surface area (Å²) in [6, 6.07) is 11.5. The lowest BCUT2D eigenvalue weighted by atomic mass is 9.86. The van der Waals surface area contributed by atoms with Crippen LogP contribution >= 0.6 is 11.3 Å². The van der Waals surface area contributed by atoms with Crippen LogP contribution in [-0.2, 0) is 6.54 Å². The Kier molecular flexibility index (Phi) is 4.16. The van der Waals surface area contributed by atoms with Gasteiger partial charge < -0.3 is 10.4 Å². The van der Waals surface area contributed by atoms with Crippen molar-refractivity contribution in [3.05, 3.63) is 35.2 Å². The van der Waals surface area contributed by atoms with Crippen LogP contribution in [0.5, 0.6) is 0 Å². The molecule has 102 valence electrons. The number of hydrogen-bond donors (Lipinski definition) is 2. The van der Waals surface area contributed by atoms with E-state index in [1.54, 1.807) is 0 Å². The van der Waals surface area contributed by atoms with Crippen molar-refractivity contribution < 1.29 is 5.11 Å². The predicted octanol–water partition coefficient (Wildman–Crippen LogP) is 3.54. The molecule has 0 amide bonds. The van der Waals surface area contributed by atoms with Crippen LogP contribution < -0.4 is 5.32 Å². The molecule has 1 aromatic heterocycles. The van der Waals surface area contributed by atoms with Gasteiger partial charge in [-0.3, -0.25) is 0 Å². The van der Waals surface area contributed by atoms with Crippen LogP contribution in [0.3, 0.4) is 0 Å². The Morgan fingerprint density at radius 3 is 2.68 bits per heavy atom. The van der Waals surface area contributed by atoms with Gasteiger partial charge in [-0.1, -0.05) is 18.2 Å². The van der Waals surface area contributed by atoms with Gasteiger partial charge in [0.25, 0.3) is 0 Å². The van der Waals surface area contributed by atoms with Crippen LogP contribution in [-0.4, -0.2) is 17.8 Å². The Morgan fingerprint density at radius 1 is 1.16 bits per heavy atom. The highest BCUT2D eigenvalue weighted by molar-refractivity contribution is 7.19. The standard InChI is InChI=1S/C16H21NOS/c18-11-12-5-7-14(8-6-12)17-10-15-9-13-3-1-2-4-16(13)19-15/h1-4,9,12,14,17-18H,5-8,10-11H2. The molecule has 0 unspecified atom stereocenters. The zero-order chi connectivity index (χ0) is 13.1. The summed E-state index contributed by atoms with van der Waals surface area (Å²) in [4.78, 5) is 1.42. The first kappa shape index (κ1) is 13.1. The lowest BCUT2D eigenvalue weighted by molar-refractivity contribution is 0.175. The van der Waals surface area contributed by atoms with Gasteiger partial charge >= 0.3 is 0 Å². The second kappa shape index (κ2) is 6.04. The monoisotopic (exact) mass is 275 g/mol. The first-order valence-corrected chi connectivity index (χ1v) is 7.98. The predicted molar refractivity (Wildman–Crippen MR) is 81.5 cm³/mol. The van der Waals surface area contributed by atoms with Crippen LogP contribution in [0.15, 0.2) is 30.3 Å². The fourth-order valence-corrected chi connectivity index (χ4v) is 3.93. The summed E-state index contributed by atoms with van der Waals surface area (Å²) in [5.74, 6) is 0.544. The van der Waals surface area contributed by atoms with E-state index in [1.165, 1.54) is 40.6 Å². The summed E-state index contributed by atoms with van der Waals surface area (Å²) in [6.45, 7) is 1.34. The van der Waals surface area contributed by atoms with Gasteiger partial charge in [0.2, 0.25) is 0 Å². The zero-order valence-electron chi connectivity index (χ0n) is 11.1. The minimum Gasteiger partial charge on any atom is -0.396 e. The van der Waals surface area contributed by atoms with Crippen molar-refractivity contribution in [3.63, 3.8) is 0 Å². The molecule has 0 aliphatic heterocycles. The Balaban J connectivity index is 1.55. The van der Waals surface area contributed by atoms with Crippen LogP contribution in [0.2, 0.25) is 0 Å². The first-order valence-electron chi connectivity index (χ1n) is 7.17. The lowest BCUT2D eigenvalue weighted by Crippen LogP contribution is -2.33. The third-order valence-electron chi connectivity index (χ3n) is 4.15. The molecule has 0 atom stereocenters. The molecule has 0 bridgehead atoms. The van der Waals surface area contributed by atoms with Gasteiger partial charge in [-0.15, -0.1) is 11.3 Å². The van der Waals surface area contributed by atoms with Gasteiger partial charge in [-0.25, -0.2) is 0 Å². The topological polar surface area (TPSA) is 32.3 Å². The van der Waals surface area contributed by atoms with Crippen LogP contribution in [0.4, 0.5) is 0 Å². The number of nitrogens with one attached hydrogen (secondary N) is 1. The number of aliphatic hydroxyl groups is 1. The van der Waals surface area contributed by atoms with Gasteiger partial charge in [0.15, 0.2) is 0 Å². The summed E-state index contributed by atoms with van der Waals surface area (Å²) in [6.07, 6.45) is 4.74. The molecule has 1 saturated carbocycles. The van der Waals surface area contributed by atoms with Crippen molar-refractivity contribution in [3.8, 4) is 0 Å².